The van der Waals surface area contributed by atoms with Gasteiger partial charge >= 0.3 is 0 Å². The zero-order valence-corrected chi connectivity index (χ0v) is 19.5. The van der Waals surface area contributed by atoms with Crippen LogP contribution in [-0.2, 0) is 9.59 Å². The minimum Gasteiger partial charge on any atom is -0.325 e. The fraction of sp³-hybridized carbons (Fsp3) is 0.292. The highest BCUT2D eigenvalue weighted by Gasteiger charge is 2.30. The Kier molecular flexibility index (Phi) is 6.78. The molecule has 0 spiro atoms. The van der Waals surface area contributed by atoms with Crippen molar-refractivity contribution >= 4 is 34.8 Å². The van der Waals surface area contributed by atoms with Crippen molar-refractivity contribution < 1.29 is 9.59 Å². The van der Waals surface area contributed by atoms with Crippen LogP contribution in [-0.4, -0.2) is 27.6 Å². The quantitative estimate of drug-likeness (QED) is 0.441. The molecule has 4 N–H and O–H groups in total. The van der Waals surface area contributed by atoms with Crippen LogP contribution < -0.4 is 21.5 Å². The molecule has 172 valence electrons. The number of halogens is 1. The summed E-state index contributed by atoms with van der Waals surface area (Å²) in [5.74, 6) is -0.389. The maximum atomic E-state index is 12.7. The van der Waals surface area contributed by atoms with Crippen LogP contribution in [0.5, 0.6) is 0 Å². The number of carbonyl (C=O) groups is 2. The van der Waals surface area contributed by atoms with E-state index in [1.54, 1.807) is 29.8 Å². The predicted molar refractivity (Wildman–Crippen MR) is 129 cm³/mol. The molecular formula is C24H27ClN6O2. The van der Waals surface area contributed by atoms with E-state index in [1.165, 1.54) is 0 Å². The monoisotopic (exact) mass is 466 g/mol. The highest BCUT2D eigenvalue weighted by Crippen LogP contribution is 2.28. The number of benzene rings is 2. The van der Waals surface area contributed by atoms with E-state index >= 15 is 0 Å². The Hall–Kier alpha value is -3.20. The van der Waals surface area contributed by atoms with Gasteiger partial charge in [-0.3, -0.25) is 14.3 Å². The number of nitrogens with zero attached hydrogens (tertiary/aromatic N) is 2. The average Bonchev–Trinajstić information content (AvgIpc) is 3.42. The molecule has 8 nitrogen and oxygen atoms in total. The highest BCUT2D eigenvalue weighted by molar-refractivity contribution is 6.34. The van der Waals surface area contributed by atoms with Crippen molar-refractivity contribution in [2.24, 2.45) is 0 Å². The molecule has 1 aliphatic heterocycles. The summed E-state index contributed by atoms with van der Waals surface area (Å²) in [4.78, 5) is 25.4. The van der Waals surface area contributed by atoms with Gasteiger partial charge in [0, 0.05) is 17.4 Å². The van der Waals surface area contributed by atoms with Gasteiger partial charge in [0.05, 0.1) is 16.4 Å². The van der Waals surface area contributed by atoms with E-state index in [2.05, 4.69) is 26.6 Å². The van der Waals surface area contributed by atoms with Crippen LogP contribution in [0.2, 0.25) is 5.02 Å². The Morgan fingerprint density at radius 3 is 2.52 bits per heavy atom. The fourth-order valence-corrected chi connectivity index (χ4v) is 4.17. The first-order valence-corrected chi connectivity index (χ1v) is 11.2. The number of rotatable bonds is 6. The number of hydrazine groups is 1. The fourth-order valence-electron chi connectivity index (χ4n) is 3.94. The van der Waals surface area contributed by atoms with Crippen molar-refractivity contribution in [1.29, 1.82) is 0 Å². The molecule has 2 heterocycles. The van der Waals surface area contributed by atoms with Crippen molar-refractivity contribution in [2.75, 3.05) is 10.6 Å². The lowest BCUT2D eigenvalue weighted by atomic mass is 10.0. The summed E-state index contributed by atoms with van der Waals surface area (Å²) < 4.78 is 1.68. The van der Waals surface area contributed by atoms with E-state index in [4.69, 9.17) is 11.6 Å². The van der Waals surface area contributed by atoms with Gasteiger partial charge < -0.3 is 10.6 Å². The van der Waals surface area contributed by atoms with Crippen molar-refractivity contribution in [1.82, 2.24) is 20.6 Å². The maximum Gasteiger partial charge on any atom is 0.248 e. The third-order valence-corrected chi connectivity index (χ3v) is 6.02. The number of nitrogens with one attached hydrogen (secondary N) is 4. The second-order valence-corrected chi connectivity index (χ2v) is 8.67. The van der Waals surface area contributed by atoms with Crippen molar-refractivity contribution in [2.45, 2.75) is 45.3 Å². The molecule has 0 bridgehead atoms. The summed E-state index contributed by atoms with van der Waals surface area (Å²) in [5.41, 5.74) is 10.1. The number of anilines is 2. The molecule has 33 heavy (non-hydrogen) atoms. The van der Waals surface area contributed by atoms with E-state index < -0.39 is 6.04 Å². The molecule has 4 rings (SSSR count). The molecule has 1 aromatic heterocycles. The van der Waals surface area contributed by atoms with Gasteiger partial charge in [-0.2, -0.15) is 5.10 Å². The second-order valence-electron chi connectivity index (χ2n) is 8.26. The minimum atomic E-state index is -0.493. The lowest BCUT2D eigenvalue weighted by molar-refractivity contribution is -0.119. The van der Waals surface area contributed by atoms with Gasteiger partial charge in [-0.1, -0.05) is 41.9 Å². The second kappa shape index (κ2) is 9.74. The number of aromatic nitrogens is 2. The van der Waals surface area contributed by atoms with Crippen molar-refractivity contribution in [3.8, 4) is 0 Å². The van der Waals surface area contributed by atoms with Gasteiger partial charge in [0.15, 0.2) is 0 Å². The van der Waals surface area contributed by atoms with Crippen LogP contribution in [0.4, 0.5) is 11.4 Å². The lowest BCUT2D eigenvalue weighted by Gasteiger charge is -2.16. The lowest BCUT2D eigenvalue weighted by Crippen LogP contribution is -2.39. The standard InChI is InChI=1S/C24H27ClN6O2/c1-14-11-15(2)31(30-14)16(3)23(32)27-20-10-9-18(12-19(20)25)26-24(33)22-13-21(28-29-22)17-7-5-4-6-8-17/h4-12,16,21-22,28-29H,13H2,1-3H3,(H,26,33)(H,27,32). The van der Waals surface area contributed by atoms with Crippen LogP contribution >= 0.6 is 11.6 Å². The van der Waals surface area contributed by atoms with Gasteiger partial charge in [-0.25, -0.2) is 10.9 Å². The van der Waals surface area contributed by atoms with E-state index in [0.29, 0.717) is 22.8 Å². The molecule has 1 saturated heterocycles. The molecule has 3 aromatic rings. The molecule has 0 aliphatic carbocycles. The Morgan fingerprint density at radius 2 is 1.85 bits per heavy atom. The summed E-state index contributed by atoms with van der Waals surface area (Å²) in [6.07, 6.45) is 0.627. The van der Waals surface area contributed by atoms with E-state index in [9.17, 15) is 9.59 Å². The summed E-state index contributed by atoms with van der Waals surface area (Å²) in [5, 5.41) is 10.4. The van der Waals surface area contributed by atoms with Crippen LogP contribution in [0.3, 0.4) is 0 Å². The SMILES string of the molecule is Cc1cc(C)n(C(C)C(=O)Nc2ccc(NC(=O)C3CC(c4ccccc4)NN3)cc2Cl)n1. The summed E-state index contributed by atoms with van der Waals surface area (Å²) in [6.45, 7) is 5.57. The van der Waals surface area contributed by atoms with Gasteiger partial charge in [0.2, 0.25) is 11.8 Å². The molecule has 0 radical (unpaired) electrons. The van der Waals surface area contributed by atoms with Crippen LogP contribution in [0.15, 0.2) is 54.6 Å². The van der Waals surface area contributed by atoms with E-state index in [-0.39, 0.29) is 23.9 Å². The number of carbonyl (C=O) groups excluding carboxylic acids is 2. The maximum absolute atomic E-state index is 12.7. The molecule has 3 atom stereocenters. The summed E-state index contributed by atoms with van der Waals surface area (Å²) in [6, 6.07) is 16.1. The Bertz CT molecular complexity index is 1160. The largest absolute Gasteiger partial charge is 0.325 e. The smallest absolute Gasteiger partial charge is 0.248 e. The highest BCUT2D eigenvalue weighted by atomic mass is 35.5. The number of hydrogen-bond donors (Lipinski definition) is 4. The van der Waals surface area contributed by atoms with Gasteiger partial charge in [0.1, 0.15) is 12.1 Å². The first kappa shape index (κ1) is 23.0. The minimum absolute atomic E-state index is 0.0623. The van der Waals surface area contributed by atoms with E-state index in [0.717, 1.165) is 17.0 Å². The third-order valence-electron chi connectivity index (χ3n) is 5.71. The molecule has 1 aliphatic rings. The van der Waals surface area contributed by atoms with Crippen molar-refractivity contribution in [3.05, 3.63) is 76.6 Å². The van der Waals surface area contributed by atoms with E-state index in [1.807, 2.05) is 50.2 Å². The molecule has 9 heteroatoms. The Morgan fingerprint density at radius 1 is 1.09 bits per heavy atom. The first-order valence-electron chi connectivity index (χ1n) is 10.8. The molecule has 1 fully saturated rings. The molecule has 3 unspecified atom stereocenters. The summed E-state index contributed by atoms with van der Waals surface area (Å²) in [7, 11) is 0. The number of amides is 2. The molecular weight excluding hydrogens is 440 g/mol. The molecule has 0 saturated carbocycles. The normalized spacial score (nSPS) is 18.7. The summed E-state index contributed by atoms with van der Waals surface area (Å²) >= 11 is 6.39. The number of hydrogen-bond acceptors (Lipinski definition) is 5. The van der Waals surface area contributed by atoms with Gasteiger partial charge in [-0.15, -0.1) is 0 Å². The van der Waals surface area contributed by atoms with Crippen LogP contribution in [0.25, 0.3) is 0 Å². The van der Waals surface area contributed by atoms with Crippen LogP contribution in [0.1, 0.15) is 42.4 Å². The molecule has 2 aromatic carbocycles. The average molecular weight is 467 g/mol. The Labute approximate surface area is 197 Å². The van der Waals surface area contributed by atoms with Gasteiger partial charge in [0.25, 0.3) is 0 Å². The first-order chi connectivity index (χ1) is 15.8. The van der Waals surface area contributed by atoms with Gasteiger partial charge in [-0.05, 0) is 57.0 Å². The van der Waals surface area contributed by atoms with Crippen molar-refractivity contribution in [3.63, 3.8) is 0 Å². The zero-order chi connectivity index (χ0) is 23.5. The Balaban J connectivity index is 1.36. The molecule has 2 amide bonds. The van der Waals surface area contributed by atoms with Crippen LogP contribution in [0, 0.1) is 13.8 Å². The predicted octanol–water partition coefficient (Wildman–Crippen LogP) is 3.90. The topological polar surface area (TPSA) is 100 Å². The number of aryl methyl sites for hydroxylation is 2. The third kappa shape index (κ3) is 5.24. The zero-order valence-electron chi connectivity index (χ0n) is 18.7.